The molecule has 6 aliphatic rings. The Balaban J connectivity index is 0.000000155. The average Bonchev–Trinajstić information content (AvgIpc) is 1.55. The quantitative estimate of drug-likeness (QED) is 0.0732. The van der Waals surface area contributed by atoms with Gasteiger partial charge in [0.15, 0.2) is 17.3 Å². The van der Waals surface area contributed by atoms with Crippen LogP contribution in [0, 0.1) is 20.8 Å². The summed E-state index contributed by atoms with van der Waals surface area (Å²) >= 11 is 10.2. The number of nitrogens with one attached hydrogen (secondary N) is 1. The van der Waals surface area contributed by atoms with Gasteiger partial charge in [-0.25, -0.2) is 4.79 Å². The molecule has 472 valence electrons. The van der Waals surface area contributed by atoms with Gasteiger partial charge in [-0.15, -0.1) is 12.4 Å². The number of carboxylic acids is 1. The second-order valence-corrected chi connectivity index (χ2v) is 24.3. The molecule has 0 spiro atoms. The van der Waals surface area contributed by atoms with Crippen LogP contribution in [0.2, 0.25) is 0 Å². The van der Waals surface area contributed by atoms with Crippen LogP contribution in [-0.2, 0) is 4.74 Å². The third-order valence-corrected chi connectivity index (χ3v) is 18.2. The number of hydrogen-bond donors (Lipinski definition) is 3. The Morgan fingerprint density at radius 2 is 1.02 bits per heavy atom. The Labute approximate surface area is 599 Å². The van der Waals surface area contributed by atoms with E-state index < -0.39 is 11.8 Å². The maximum atomic E-state index is 12.9. The molecule has 2 heterocycles. The van der Waals surface area contributed by atoms with Crippen molar-refractivity contribution in [2.75, 3.05) is 25.0 Å². The van der Waals surface area contributed by atoms with E-state index in [9.17, 15) is 44.1 Å². The number of ketones is 3. The van der Waals surface area contributed by atoms with Gasteiger partial charge in [0, 0.05) is 96.2 Å². The van der Waals surface area contributed by atoms with Crippen molar-refractivity contribution in [3.63, 3.8) is 0 Å². The summed E-state index contributed by atoms with van der Waals surface area (Å²) in [4.78, 5) is 77.9. The second-order valence-electron chi connectivity index (χ2n) is 21.8. The average molecular weight is 1490 g/mol. The number of anilines is 1. The summed E-state index contributed by atoms with van der Waals surface area (Å²) in [5.41, 5.74) is 14.3. The summed E-state index contributed by atoms with van der Waals surface area (Å²) in [6.07, 6.45) is 0. The predicted molar refractivity (Wildman–Crippen MR) is 376 cm³/mol. The van der Waals surface area contributed by atoms with Crippen LogP contribution >= 0.6 is 60.2 Å². The minimum atomic E-state index is -1.28. The normalized spacial score (nSPS) is 11.8. The fourth-order valence-electron chi connectivity index (χ4n) is 11.7. The molecule has 0 fully saturated rings. The molecule has 0 atom stereocenters. The molecule has 8 aromatic carbocycles. The SMILES string of the molecule is CCN=c1cc2oc3cc(NCC)c(C)cc3c(-c3ccccc3C(=O)OCC)c-2cc1C.Cc1cc2oc3c(Br)c(=O)c(Br)cc-3c(-c3ccccc3C(=O)[O-])c2cc1Br.Cl.O=C1c2cccc(O)c2C(=O)c2c(O)cccc21.O=C1c2ccccc2-c2ccccc21.[Na+]. The van der Waals surface area contributed by atoms with Crippen LogP contribution in [-0.4, -0.2) is 59.2 Å². The van der Waals surface area contributed by atoms with Gasteiger partial charge in [0.05, 0.1) is 39.1 Å². The zero-order chi connectivity index (χ0) is 66.1. The van der Waals surface area contributed by atoms with E-state index in [1.165, 1.54) is 42.5 Å². The molecule has 0 radical (unpaired) electrons. The third-order valence-electron chi connectivity index (χ3n) is 16.0. The first-order chi connectivity index (χ1) is 44.8. The number of rotatable bonds is 8. The molecule has 3 N–H and O–H groups in total. The molecule has 14 rings (SSSR count). The molecular formula is C76H57Br3ClN2NaO12. The Kier molecular flexibility index (Phi) is 22.2. The number of halogens is 4. The Hall–Kier alpha value is -8.78. The number of carboxylic acid groups (broad SMARTS) is 1. The molecule has 4 aliphatic carbocycles. The van der Waals surface area contributed by atoms with Crippen LogP contribution in [0.3, 0.4) is 0 Å². The molecule has 0 saturated heterocycles. The minimum absolute atomic E-state index is 0. The van der Waals surface area contributed by atoms with Crippen molar-refractivity contribution in [1.82, 2.24) is 0 Å². The van der Waals surface area contributed by atoms with Gasteiger partial charge in [0.1, 0.15) is 32.9 Å². The Bertz CT molecular complexity index is 5050. The van der Waals surface area contributed by atoms with Crippen molar-refractivity contribution in [3.05, 3.63) is 266 Å². The molecule has 8 aromatic rings. The number of esters is 1. The van der Waals surface area contributed by atoms with Gasteiger partial charge in [-0.1, -0.05) is 131 Å². The first-order valence-corrected chi connectivity index (χ1v) is 32.0. The van der Waals surface area contributed by atoms with Crippen LogP contribution in [0.4, 0.5) is 5.69 Å². The molecular weight excluding hydrogens is 1430 g/mol. The monoisotopic (exact) mass is 1480 g/mol. The fraction of sp³-hybridized carbons (Fsp3) is 0.118. The number of aromatic carboxylic acids is 1. The van der Waals surface area contributed by atoms with E-state index in [0.29, 0.717) is 51.2 Å². The number of carbonyl (C=O) groups excluding carboxylic acids is 5. The van der Waals surface area contributed by atoms with Gasteiger partial charge in [-0.3, -0.25) is 24.2 Å². The van der Waals surface area contributed by atoms with E-state index >= 15 is 0 Å². The van der Waals surface area contributed by atoms with Crippen molar-refractivity contribution in [2.24, 2.45) is 4.99 Å². The van der Waals surface area contributed by atoms with E-state index in [2.05, 4.69) is 91.0 Å². The molecule has 0 bridgehead atoms. The van der Waals surface area contributed by atoms with E-state index in [0.717, 1.165) is 99.8 Å². The third kappa shape index (κ3) is 13.6. The number of benzene rings is 10. The summed E-state index contributed by atoms with van der Waals surface area (Å²) in [5, 5.41) is 37.2. The van der Waals surface area contributed by atoms with Crippen LogP contribution in [0.1, 0.15) is 106 Å². The van der Waals surface area contributed by atoms with Crippen LogP contribution in [0.15, 0.2) is 208 Å². The van der Waals surface area contributed by atoms with Crippen LogP contribution in [0.5, 0.6) is 11.5 Å². The summed E-state index contributed by atoms with van der Waals surface area (Å²) in [7, 11) is 0. The number of aryl methyl sites for hydroxylation is 3. The van der Waals surface area contributed by atoms with Crippen LogP contribution in [0.25, 0.3) is 78.0 Å². The number of phenols is 2. The summed E-state index contributed by atoms with van der Waals surface area (Å²) in [5.74, 6) is -1.77. The smallest absolute Gasteiger partial charge is 0.545 e. The zero-order valence-electron chi connectivity index (χ0n) is 52.3. The van der Waals surface area contributed by atoms with Gasteiger partial charge < -0.3 is 39.0 Å². The largest absolute Gasteiger partial charge is 1.00 e. The second kappa shape index (κ2) is 29.9. The molecule has 0 amide bonds. The molecule has 19 heteroatoms. The Morgan fingerprint density at radius 3 is 1.59 bits per heavy atom. The fourth-order valence-corrected chi connectivity index (χ4v) is 13.2. The molecule has 14 nitrogen and oxygen atoms in total. The van der Waals surface area contributed by atoms with E-state index in [1.807, 2.05) is 118 Å². The summed E-state index contributed by atoms with van der Waals surface area (Å²) in [6, 6.07) is 52.1. The van der Waals surface area contributed by atoms with Crippen molar-refractivity contribution in [2.45, 2.75) is 41.5 Å². The van der Waals surface area contributed by atoms with Crippen LogP contribution < -0.4 is 50.8 Å². The molecule has 0 unspecified atom stereocenters. The molecule has 0 aromatic heterocycles. The standard InChI is InChI=1S/C28H30N2O3.C21H11Br3O4.C14H8O4.C13H8O.ClH.Na/c1-6-29-23-15-25-21(13-17(23)4)27(19-11-9-10-12-20(19)28(31)32-8-3)22-14-18(5)24(30-7-2)16-26(22)33-25;1-9-6-16-12(7-14(9)22)17(10-4-2-3-5-11(10)21(26)27)13-8-15(23)19(25)18(24)20(13)28-16;15-9-5-1-3-7-11(9)14(18)12-8(13(7)17)4-2-6-10(12)16;14-13-11-7-3-1-5-9(11)10-6-2-4-8-12(10)13;;/h9-16,29H,6-8H2,1-5H3;2-8H,1H3,(H,26,27);1-6,15-16H;1-8H;1H;/q;;;;;+1/p-1. The Morgan fingerprint density at radius 1 is 0.516 bits per heavy atom. The van der Waals surface area contributed by atoms with Crippen molar-refractivity contribution < 1.29 is 82.4 Å². The summed E-state index contributed by atoms with van der Waals surface area (Å²) in [6.45, 7) is 13.8. The topological polar surface area (TPSA) is 226 Å². The number of nitrogens with zero attached hydrogens (tertiary/aromatic N) is 1. The van der Waals surface area contributed by atoms with Crippen molar-refractivity contribution in [1.29, 1.82) is 0 Å². The van der Waals surface area contributed by atoms with Gasteiger partial charge in [-0.2, -0.15) is 0 Å². The predicted octanol–water partition coefficient (Wildman–Crippen LogP) is 14.1. The van der Waals surface area contributed by atoms with Crippen molar-refractivity contribution in [3.8, 4) is 67.5 Å². The summed E-state index contributed by atoms with van der Waals surface area (Å²) < 4.78 is 19.3. The van der Waals surface area contributed by atoms with E-state index in [4.69, 9.17) is 13.6 Å². The number of ether oxygens (including phenoxy) is 1. The van der Waals surface area contributed by atoms with Gasteiger partial charge in [-0.05, 0) is 161 Å². The molecule has 0 saturated carbocycles. The number of phenolic OH excluding ortho intramolecular Hbond substituents is 2. The maximum Gasteiger partial charge on any atom is 1.00 e. The zero-order valence-corrected chi connectivity index (χ0v) is 59.9. The van der Waals surface area contributed by atoms with Crippen molar-refractivity contribution >= 4 is 117 Å². The number of carbonyl (C=O) groups is 5. The van der Waals surface area contributed by atoms with Gasteiger partial charge in [0.25, 0.3) is 0 Å². The van der Waals surface area contributed by atoms with E-state index in [-0.39, 0.29) is 109 Å². The maximum absolute atomic E-state index is 12.9. The first kappa shape index (κ1) is 70.5. The van der Waals surface area contributed by atoms with Gasteiger partial charge >= 0.3 is 35.5 Å². The first-order valence-electron chi connectivity index (χ1n) is 29.6. The number of fused-ring (bicyclic) bond motifs is 9. The molecule has 95 heavy (non-hydrogen) atoms. The minimum Gasteiger partial charge on any atom is -0.545 e. The number of aromatic hydroxyl groups is 2. The molecule has 2 aliphatic heterocycles. The van der Waals surface area contributed by atoms with E-state index in [1.54, 1.807) is 24.3 Å². The van der Waals surface area contributed by atoms with Gasteiger partial charge in [0.2, 0.25) is 11.2 Å². The number of hydrogen-bond acceptors (Lipinski definition) is 14.